The Morgan fingerprint density at radius 2 is 2.00 bits per heavy atom. The van der Waals surface area contributed by atoms with Gasteiger partial charge < -0.3 is 4.90 Å². The van der Waals surface area contributed by atoms with Crippen LogP contribution in [0.25, 0.3) is 0 Å². The maximum atomic E-state index is 12.9. The zero-order chi connectivity index (χ0) is 17.3. The van der Waals surface area contributed by atoms with E-state index >= 15 is 0 Å². The van der Waals surface area contributed by atoms with E-state index in [0.29, 0.717) is 13.1 Å². The highest BCUT2D eigenvalue weighted by atomic mass is 16.6. The monoisotopic (exact) mass is 331 g/mol. The normalized spacial score (nSPS) is 24.0. The smallest absolute Gasteiger partial charge is 0.271 e. The molecule has 1 atom stereocenters. The second-order valence-electron chi connectivity index (χ2n) is 7.19. The molecule has 6 nitrogen and oxygen atoms in total. The summed E-state index contributed by atoms with van der Waals surface area (Å²) in [5.41, 5.74) is 1.67. The van der Waals surface area contributed by atoms with E-state index in [-0.39, 0.29) is 17.0 Å². The third-order valence-electron chi connectivity index (χ3n) is 5.53. The minimum absolute atomic E-state index is 0.0462. The molecule has 2 aliphatic rings. The first-order valence-electron chi connectivity index (χ1n) is 8.76. The van der Waals surface area contributed by atoms with E-state index < -0.39 is 4.92 Å². The number of amides is 1. The van der Waals surface area contributed by atoms with E-state index in [1.807, 2.05) is 6.07 Å². The summed E-state index contributed by atoms with van der Waals surface area (Å²) >= 11 is 0. The van der Waals surface area contributed by atoms with Gasteiger partial charge in [-0.05, 0) is 44.0 Å². The Balaban J connectivity index is 1.88. The number of hydrogen-bond acceptors (Lipinski definition) is 4. The van der Waals surface area contributed by atoms with Gasteiger partial charge in [-0.25, -0.2) is 0 Å². The lowest BCUT2D eigenvalue weighted by Crippen LogP contribution is -2.43. The number of nitro groups is 1. The topological polar surface area (TPSA) is 66.7 Å². The molecule has 0 radical (unpaired) electrons. The van der Waals surface area contributed by atoms with Gasteiger partial charge >= 0.3 is 0 Å². The fourth-order valence-corrected chi connectivity index (χ4v) is 3.81. The van der Waals surface area contributed by atoms with Crippen molar-refractivity contribution in [2.45, 2.75) is 44.9 Å². The van der Waals surface area contributed by atoms with Crippen LogP contribution in [0.3, 0.4) is 0 Å². The standard InChI is InChI=1S/C18H25N3O3/c1-3-18(2)13-20(17(22)12-19-9-5-4-6-10-19)16-11-14(21(23)24)7-8-15(16)18/h7-8,11H,3-6,9-10,12-13H2,1-2H3. The van der Waals surface area contributed by atoms with Gasteiger partial charge in [-0.15, -0.1) is 0 Å². The van der Waals surface area contributed by atoms with E-state index in [2.05, 4.69) is 18.7 Å². The molecule has 6 heteroatoms. The first kappa shape index (κ1) is 16.9. The van der Waals surface area contributed by atoms with E-state index in [0.717, 1.165) is 43.6 Å². The van der Waals surface area contributed by atoms with Crippen LogP contribution < -0.4 is 4.90 Å². The van der Waals surface area contributed by atoms with Crippen molar-refractivity contribution in [3.8, 4) is 0 Å². The van der Waals surface area contributed by atoms with Crippen molar-refractivity contribution in [3.05, 3.63) is 33.9 Å². The molecule has 1 amide bonds. The summed E-state index contributed by atoms with van der Waals surface area (Å²) in [5.74, 6) is 0.0517. The van der Waals surface area contributed by atoms with Crippen LogP contribution in [0.4, 0.5) is 11.4 Å². The van der Waals surface area contributed by atoms with Gasteiger partial charge in [-0.1, -0.05) is 20.3 Å². The van der Waals surface area contributed by atoms with E-state index in [1.165, 1.54) is 6.42 Å². The maximum Gasteiger partial charge on any atom is 0.271 e. The van der Waals surface area contributed by atoms with Gasteiger partial charge in [0.15, 0.2) is 0 Å². The van der Waals surface area contributed by atoms with Gasteiger partial charge in [0.05, 0.1) is 17.2 Å². The predicted molar refractivity (Wildman–Crippen MR) is 93.4 cm³/mol. The van der Waals surface area contributed by atoms with Gasteiger partial charge in [0.1, 0.15) is 0 Å². The number of benzene rings is 1. The zero-order valence-electron chi connectivity index (χ0n) is 14.5. The number of carbonyl (C=O) groups is 1. The number of rotatable bonds is 4. The lowest BCUT2D eigenvalue weighted by Gasteiger charge is -2.29. The van der Waals surface area contributed by atoms with Gasteiger partial charge in [0.2, 0.25) is 5.91 Å². The molecule has 24 heavy (non-hydrogen) atoms. The van der Waals surface area contributed by atoms with Crippen LogP contribution in [0.2, 0.25) is 0 Å². The van der Waals surface area contributed by atoms with Crippen LogP contribution in [0.1, 0.15) is 45.1 Å². The summed E-state index contributed by atoms with van der Waals surface area (Å²) in [7, 11) is 0. The first-order chi connectivity index (χ1) is 11.4. The van der Waals surface area contributed by atoms with E-state index in [9.17, 15) is 14.9 Å². The molecule has 0 aromatic heterocycles. The van der Waals surface area contributed by atoms with Crippen LogP contribution in [0.15, 0.2) is 18.2 Å². The van der Waals surface area contributed by atoms with Crippen molar-refractivity contribution in [2.24, 2.45) is 0 Å². The molecular weight excluding hydrogens is 306 g/mol. The second kappa shape index (κ2) is 6.51. The Hall–Kier alpha value is -1.95. The Bertz CT molecular complexity index is 655. The highest BCUT2D eigenvalue weighted by molar-refractivity contribution is 5.98. The predicted octanol–water partition coefficient (Wildman–Crippen LogP) is 3.10. The van der Waals surface area contributed by atoms with Crippen molar-refractivity contribution >= 4 is 17.3 Å². The van der Waals surface area contributed by atoms with E-state index in [4.69, 9.17) is 0 Å². The summed E-state index contributed by atoms with van der Waals surface area (Å²) in [6, 6.07) is 4.93. The number of anilines is 1. The fraction of sp³-hybridized carbons (Fsp3) is 0.611. The number of carbonyl (C=O) groups excluding carboxylic acids is 1. The molecule has 0 spiro atoms. The fourth-order valence-electron chi connectivity index (χ4n) is 3.81. The van der Waals surface area contributed by atoms with Crippen molar-refractivity contribution in [1.29, 1.82) is 0 Å². The molecule has 1 saturated heterocycles. The van der Waals surface area contributed by atoms with Crippen LogP contribution in [-0.4, -0.2) is 41.9 Å². The van der Waals surface area contributed by atoms with Crippen LogP contribution in [0.5, 0.6) is 0 Å². The first-order valence-corrected chi connectivity index (χ1v) is 8.76. The molecular formula is C18H25N3O3. The number of fused-ring (bicyclic) bond motifs is 1. The third-order valence-corrected chi connectivity index (χ3v) is 5.53. The largest absolute Gasteiger partial charge is 0.310 e. The second-order valence-corrected chi connectivity index (χ2v) is 7.19. The van der Waals surface area contributed by atoms with Gasteiger partial charge in [-0.3, -0.25) is 19.8 Å². The van der Waals surface area contributed by atoms with Gasteiger partial charge in [0.25, 0.3) is 5.69 Å². The molecule has 3 rings (SSSR count). The van der Waals surface area contributed by atoms with Crippen molar-refractivity contribution in [3.63, 3.8) is 0 Å². The molecule has 1 unspecified atom stereocenters. The third kappa shape index (κ3) is 3.02. The lowest BCUT2D eigenvalue weighted by atomic mass is 9.82. The number of nitro benzene ring substituents is 1. The molecule has 1 aromatic rings. The highest BCUT2D eigenvalue weighted by Gasteiger charge is 2.41. The molecule has 1 fully saturated rings. The zero-order valence-corrected chi connectivity index (χ0v) is 14.5. The quantitative estimate of drug-likeness (QED) is 0.628. The molecule has 0 aliphatic carbocycles. The Kier molecular flexibility index (Phi) is 4.58. The molecule has 1 aromatic carbocycles. The van der Waals surface area contributed by atoms with Crippen LogP contribution in [0, 0.1) is 10.1 Å². The number of hydrogen-bond donors (Lipinski definition) is 0. The molecule has 2 aliphatic heterocycles. The van der Waals surface area contributed by atoms with Crippen LogP contribution in [-0.2, 0) is 10.2 Å². The Morgan fingerprint density at radius 1 is 1.29 bits per heavy atom. The van der Waals surface area contributed by atoms with Crippen molar-refractivity contribution in [2.75, 3.05) is 31.1 Å². The van der Waals surface area contributed by atoms with Crippen molar-refractivity contribution in [1.82, 2.24) is 4.90 Å². The summed E-state index contributed by atoms with van der Waals surface area (Å²) < 4.78 is 0. The minimum atomic E-state index is -0.394. The number of likely N-dealkylation sites (tertiary alicyclic amines) is 1. The maximum absolute atomic E-state index is 12.9. The van der Waals surface area contributed by atoms with Crippen LogP contribution >= 0.6 is 0 Å². The number of non-ortho nitro benzene ring substituents is 1. The average molecular weight is 331 g/mol. The highest BCUT2D eigenvalue weighted by Crippen LogP contribution is 2.44. The summed E-state index contributed by atoms with van der Waals surface area (Å²) in [6.45, 7) is 7.17. The molecule has 0 saturated carbocycles. The summed E-state index contributed by atoms with van der Waals surface area (Å²) in [6.07, 6.45) is 4.41. The number of nitrogens with zero attached hydrogens (tertiary/aromatic N) is 3. The lowest BCUT2D eigenvalue weighted by molar-refractivity contribution is -0.384. The SMILES string of the molecule is CCC1(C)CN(C(=O)CN2CCCCC2)c2cc([N+](=O)[O-])ccc21. The number of piperidine rings is 1. The molecule has 130 valence electrons. The molecule has 2 heterocycles. The summed E-state index contributed by atoms with van der Waals surface area (Å²) in [5, 5.41) is 11.1. The molecule has 0 bridgehead atoms. The summed E-state index contributed by atoms with van der Waals surface area (Å²) in [4.78, 5) is 27.6. The minimum Gasteiger partial charge on any atom is -0.310 e. The van der Waals surface area contributed by atoms with Gasteiger partial charge in [-0.2, -0.15) is 0 Å². The average Bonchev–Trinajstić information content (AvgIpc) is 2.89. The Morgan fingerprint density at radius 3 is 2.62 bits per heavy atom. The van der Waals surface area contributed by atoms with Crippen molar-refractivity contribution < 1.29 is 9.72 Å². The van der Waals surface area contributed by atoms with E-state index in [1.54, 1.807) is 17.0 Å². The Labute approximate surface area is 142 Å². The molecule has 0 N–H and O–H groups in total. The van der Waals surface area contributed by atoms with Gasteiger partial charge in [0, 0.05) is 24.1 Å².